The number of fused-ring (bicyclic) bond motifs is 1. The molecule has 0 saturated heterocycles. The van der Waals surface area contributed by atoms with Crippen molar-refractivity contribution < 1.29 is 9.53 Å². The van der Waals surface area contributed by atoms with Gasteiger partial charge in [-0.2, -0.15) is 0 Å². The molecule has 0 aliphatic carbocycles. The Morgan fingerprint density at radius 3 is 2.67 bits per heavy atom. The first kappa shape index (κ1) is 16.3. The number of ether oxygens (including phenoxy) is 1. The number of para-hydroxylation sites is 1. The fourth-order valence-corrected chi connectivity index (χ4v) is 2.90. The zero-order valence-corrected chi connectivity index (χ0v) is 13.8. The van der Waals surface area contributed by atoms with Crippen molar-refractivity contribution in [3.05, 3.63) is 71.9 Å². The van der Waals surface area contributed by atoms with E-state index in [1.165, 1.54) is 10.9 Å². The molecule has 2 N–H and O–H groups in total. The number of H-pyrrole nitrogens is 1. The van der Waals surface area contributed by atoms with E-state index in [9.17, 15) is 4.79 Å². The normalized spacial score (nSPS) is 12.2. The Labute approximate surface area is 141 Å². The predicted octanol–water partition coefficient (Wildman–Crippen LogP) is 3.60. The van der Waals surface area contributed by atoms with Crippen LogP contribution in [0.1, 0.15) is 24.1 Å². The van der Waals surface area contributed by atoms with Gasteiger partial charge in [0, 0.05) is 23.6 Å². The maximum Gasteiger partial charge on any atom is 0.327 e. The second-order valence-electron chi connectivity index (χ2n) is 5.66. The van der Waals surface area contributed by atoms with Crippen molar-refractivity contribution in [1.29, 1.82) is 0 Å². The van der Waals surface area contributed by atoms with E-state index in [0.29, 0.717) is 13.2 Å². The molecule has 124 valence electrons. The quantitative estimate of drug-likeness (QED) is 0.653. The number of nitrogens with one attached hydrogen (secondary N) is 2. The van der Waals surface area contributed by atoms with Crippen LogP contribution >= 0.6 is 0 Å². The highest BCUT2D eigenvalue weighted by atomic mass is 16.5. The molecule has 0 aliphatic rings. The Morgan fingerprint density at radius 1 is 1.12 bits per heavy atom. The van der Waals surface area contributed by atoms with Crippen molar-refractivity contribution in [2.45, 2.75) is 19.4 Å². The largest absolute Gasteiger partial charge is 0.465 e. The fraction of sp³-hybridized carbons (Fsp3) is 0.250. The number of carbonyl (C=O) groups is 1. The minimum atomic E-state index is -0.434. The molecule has 0 aliphatic heterocycles. The number of rotatable bonds is 7. The van der Waals surface area contributed by atoms with Gasteiger partial charge < -0.3 is 15.0 Å². The zero-order valence-electron chi connectivity index (χ0n) is 13.8. The van der Waals surface area contributed by atoms with Crippen LogP contribution in [0.3, 0.4) is 0 Å². The van der Waals surface area contributed by atoms with Crippen LogP contribution in [-0.2, 0) is 16.0 Å². The highest BCUT2D eigenvalue weighted by molar-refractivity contribution is 5.83. The topological polar surface area (TPSA) is 54.1 Å². The molecule has 0 fully saturated rings. The third-order valence-corrected chi connectivity index (χ3v) is 4.07. The molecule has 3 rings (SSSR count). The van der Waals surface area contributed by atoms with Crippen LogP contribution in [0, 0.1) is 0 Å². The molecular formula is C20H22N2O2. The van der Waals surface area contributed by atoms with Gasteiger partial charge >= 0.3 is 5.97 Å². The highest BCUT2D eigenvalue weighted by Gasteiger charge is 2.21. The second-order valence-corrected chi connectivity index (χ2v) is 5.66. The fourth-order valence-electron chi connectivity index (χ4n) is 2.90. The number of hydrogen-bond acceptors (Lipinski definition) is 3. The third kappa shape index (κ3) is 3.66. The number of hydrogen-bond donors (Lipinski definition) is 2. The van der Waals surface area contributed by atoms with E-state index in [2.05, 4.69) is 22.4 Å². The van der Waals surface area contributed by atoms with Crippen molar-refractivity contribution in [2.75, 3.05) is 13.2 Å². The first-order valence-electron chi connectivity index (χ1n) is 8.29. The molecule has 2 aromatic carbocycles. The summed E-state index contributed by atoms with van der Waals surface area (Å²) in [4.78, 5) is 15.5. The van der Waals surface area contributed by atoms with Crippen LogP contribution in [0.2, 0.25) is 0 Å². The Morgan fingerprint density at radius 2 is 1.88 bits per heavy atom. The summed E-state index contributed by atoms with van der Waals surface area (Å²) in [6.45, 7) is 2.90. The Bertz CT molecular complexity index is 796. The van der Waals surface area contributed by atoms with Crippen molar-refractivity contribution >= 4 is 16.9 Å². The predicted molar refractivity (Wildman–Crippen MR) is 95.8 cm³/mol. The van der Waals surface area contributed by atoms with E-state index >= 15 is 0 Å². The monoisotopic (exact) mass is 322 g/mol. The van der Waals surface area contributed by atoms with E-state index in [-0.39, 0.29) is 5.97 Å². The molecule has 24 heavy (non-hydrogen) atoms. The molecule has 0 bridgehead atoms. The third-order valence-electron chi connectivity index (χ3n) is 4.07. The minimum absolute atomic E-state index is 0.234. The van der Waals surface area contributed by atoms with E-state index in [4.69, 9.17) is 4.74 Å². The number of aromatic nitrogens is 1. The van der Waals surface area contributed by atoms with Crippen molar-refractivity contribution in [1.82, 2.24) is 10.3 Å². The molecule has 0 spiro atoms. The number of benzene rings is 2. The van der Waals surface area contributed by atoms with Gasteiger partial charge in [0.25, 0.3) is 0 Å². The lowest BCUT2D eigenvalue weighted by atomic mass is 10.1. The summed E-state index contributed by atoms with van der Waals surface area (Å²) in [7, 11) is 0. The Kier molecular flexibility index (Phi) is 5.29. The maximum atomic E-state index is 12.3. The van der Waals surface area contributed by atoms with Crippen LogP contribution < -0.4 is 5.32 Å². The van der Waals surface area contributed by atoms with E-state index in [1.54, 1.807) is 0 Å². The lowest BCUT2D eigenvalue weighted by Gasteiger charge is -2.17. The molecule has 4 heteroatoms. The molecule has 4 nitrogen and oxygen atoms in total. The average Bonchev–Trinajstić information content (AvgIpc) is 3.03. The summed E-state index contributed by atoms with van der Waals surface area (Å²) in [6.07, 6.45) is 2.88. The van der Waals surface area contributed by atoms with Gasteiger partial charge in [-0.3, -0.25) is 0 Å². The number of carbonyl (C=O) groups excluding carboxylic acids is 1. The van der Waals surface area contributed by atoms with Crippen molar-refractivity contribution in [3.63, 3.8) is 0 Å². The van der Waals surface area contributed by atoms with Crippen LogP contribution in [0.5, 0.6) is 0 Å². The minimum Gasteiger partial charge on any atom is -0.465 e. The van der Waals surface area contributed by atoms with Gasteiger partial charge in [-0.15, -0.1) is 0 Å². The summed E-state index contributed by atoms with van der Waals surface area (Å²) in [5.41, 5.74) is 3.31. The van der Waals surface area contributed by atoms with Gasteiger partial charge in [0.1, 0.15) is 6.04 Å². The summed E-state index contributed by atoms with van der Waals surface area (Å²) in [5.74, 6) is -0.234. The van der Waals surface area contributed by atoms with Crippen LogP contribution in [-0.4, -0.2) is 24.1 Å². The number of esters is 1. The zero-order chi connectivity index (χ0) is 16.8. The van der Waals surface area contributed by atoms with Crippen molar-refractivity contribution in [2.24, 2.45) is 0 Å². The molecule has 0 radical (unpaired) electrons. The molecule has 0 saturated carbocycles. The highest BCUT2D eigenvalue weighted by Crippen LogP contribution is 2.19. The Balaban J connectivity index is 1.68. The lowest BCUT2D eigenvalue weighted by molar-refractivity contribution is -0.145. The van der Waals surface area contributed by atoms with Crippen LogP contribution in [0.15, 0.2) is 60.8 Å². The van der Waals surface area contributed by atoms with Gasteiger partial charge in [-0.05, 0) is 30.5 Å². The molecule has 1 heterocycles. The van der Waals surface area contributed by atoms with E-state index in [0.717, 1.165) is 17.5 Å². The lowest BCUT2D eigenvalue weighted by Crippen LogP contribution is -2.31. The van der Waals surface area contributed by atoms with E-state index < -0.39 is 6.04 Å². The first-order valence-corrected chi connectivity index (χ1v) is 8.29. The van der Waals surface area contributed by atoms with Crippen LogP contribution in [0.25, 0.3) is 10.9 Å². The molecular weight excluding hydrogens is 300 g/mol. The average molecular weight is 322 g/mol. The smallest absolute Gasteiger partial charge is 0.327 e. The van der Waals surface area contributed by atoms with Gasteiger partial charge in [-0.1, -0.05) is 48.5 Å². The summed E-state index contributed by atoms with van der Waals surface area (Å²) in [5, 5.41) is 4.56. The van der Waals surface area contributed by atoms with Gasteiger partial charge in [0.2, 0.25) is 0 Å². The number of aromatic amines is 1. The summed E-state index contributed by atoms with van der Waals surface area (Å²) in [6, 6.07) is 17.5. The standard InChI is InChI=1S/C20H22N2O2/c1-2-24-20(23)19(15-8-4-3-5-9-15)21-13-12-16-14-22-18-11-7-6-10-17(16)18/h3-11,14,19,21-22H,2,12-13H2,1H3/t19-/m0/s1. The second kappa shape index (κ2) is 7.79. The summed E-state index contributed by atoms with van der Waals surface area (Å²) < 4.78 is 5.21. The summed E-state index contributed by atoms with van der Waals surface area (Å²) >= 11 is 0. The van der Waals surface area contributed by atoms with Gasteiger partial charge in [0.05, 0.1) is 6.61 Å². The first-order chi connectivity index (χ1) is 11.8. The van der Waals surface area contributed by atoms with E-state index in [1.807, 2.05) is 55.6 Å². The van der Waals surface area contributed by atoms with Crippen LogP contribution in [0.4, 0.5) is 0 Å². The molecule has 1 aromatic heterocycles. The van der Waals surface area contributed by atoms with Crippen molar-refractivity contribution in [3.8, 4) is 0 Å². The SMILES string of the molecule is CCOC(=O)[C@@H](NCCc1c[nH]c2ccccc12)c1ccccc1. The Hall–Kier alpha value is -2.59. The molecule has 3 aromatic rings. The van der Waals surface area contributed by atoms with Gasteiger partial charge in [-0.25, -0.2) is 4.79 Å². The maximum absolute atomic E-state index is 12.3. The van der Waals surface area contributed by atoms with Gasteiger partial charge in [0.15, 0.2) is 0 Å². The molecule has 0 unspecified atom stereocenters. The molecule has 0 amide bonds. The molecule has 1 atom stereocenters.